The molecule has 5 nitrogen and oxygen atoms in total. The molecule has 23 heavy (non-hydrogen) atoms. The molecule has 2 aromatic carbocycles. The number of aromatic carboxylic acids is 1. The van der Waals surface area contributed by atoms with Crippen molar-refractivity contribution in [3.05, 3.63) is 75.6 Å². The van der Waals surface area contributed by atoms with E-state index in [0.29, 0.717) is 11.3 Å². The molecule has 0 aliphatic heterocycles. The Balaban J connectivity index is 1.99. The number of rotatable bonds is 3. The number of phenolic OH excluding ortho intramolecular Hbond substituents is 1. The quantitative estimate of drug-likeness (QED) is 0.774. The molecule has 0 unspecified atom stereocenters. The van der Waals surface area contributed by atoms with E-state index in [2.05, 4.69) is 0 Å². The van der Waals surface area contributed by atoms with Crippen molar-refractivity contribution >= 4 is 29.1 Å². The summed E-state index contributed by atoms with van der Waals surface area (Å²) in [7, 11) is 0. The molecule has 0 aliphatic rings. The van der Waals surface area contributed by atoms with Gasteiger partial charge in [-0.05, 0) is 42.0 Å². The van der Waals surface area contributed by atoms with Crippen LogP contribution in [0.15, 0.2) is 57.7 Å². The van der Waals surface area contributed by atoms with Crippen LogP contribution in [0.3, 0.4) is 0 Å². The van der Waals surface area contributed by atoms with Crippen molar-refractivity contribution < 1.29 is 19.4 Å². The van der Waals surface area contributed by atoms with Gasteiger partial charge < -0.3 is 14.6 Å². The van der Waals surface area contributed by atoms with Crippen LogP contribution in [0.1, 0.15) is 21.7 Å². The van der Waals surface area contributed by atoms with Gasteiger partial charge in [-0.2, -0.15) is 0 Å². The van der Waals surface area contributed by atoms with E-state index in [1.807, 2.05) is 0 Å². The van der Waals surface area contributed by atoms with Crippen molar-refractivity contribution in [1.29, 1.82) is 0 Å². The Morgan fingerprint density at radius 1 is 1.00 bits per heavy atom. The summed E-state index contributed by atoms with van der Waals surface area (Å²) in [6.45, 7) is 0. The fourth-order valence-electron chi connectivity index (χ4n) is 2.15. The van der Waals surface area contributed by atoms with Gasteiger partial charge in [0.25, 0.3) is 0 Å². The zero-order chi connectivity index (χ0) is 16.4. The summed E-state index contributed by atoms with van der Waals surface area (Å²) in [4.78, 5) is 23.1. The molecule has 0 fully saturated rings. The highest BCUT2D eigenvalue weighted by Gasteiger charge is 2.08. The topological polar surface area (TPSA) is 87.7 Å². The van der Waals surface area contributed by atoms with Gasteiger partial charge in [0.15, 0.2) is 5.43 Å². The molecule has 114 valence electrons. The minimum atomic E-state index is -1.09. The van der Waals surface area contributed by atoms with Crippen LogP contribution in [0.4, 0.5) is 0 Å². The van der Waals surface area contributed by atoms with E-state index in [1.165, 1.54) is 24.3 Å². The van der Waals surface area contributed by atoms with Crippen LogP contribution in [-0.2, 0) is 0 Å². The van der Waals surface area contributed by atoms with Crippen LogP contribution in [0.25, 0.3) is 23.1 Å². The van der Waals surface area contributed by atoms with Crippen LogP contribution in [0, 0.1) is 0 Å². The second-order valence-electron chi connectivity index (χ2n) is 4.95. The largest absolute Gasteiger partial charge is 0.508 e. The number of hydrogen-bond acceptors (Lipinski definition) is 4. The van der Waals surface area contributed by atoms with Gasteiger partial charge in [-0.25, -0.2) is 4.79 Å². The second kappa shape index (κ2) is 5.81. The Labute approximate surface area is 130 Å². The number of phenols is 1. The lowest BCUT2D eigenvalue weighted by Gasteiger charge is -2.01. The first-order valence-corrected chi connectivity index (χ1v) is 6.81. The summed E-state index contributed by atoms with van der Waals surface area (Å²) in [5.41, 5.74) is 0.900. The minimum Gasteiger partial charge on any atom is -0.508 e. The molecule has 0 atom stereocenters. The highest BCUT2D eigenvalue weighted by molar-refractivity contribution is 5.92. The second-order valence-corrected chi connectivity index (χ2v) is 4.95. The van der Waals surface area contributed by atoms with Gasteiger partial charge in [0, 0.05) is 6.07 Å². The van der Waals surface area contributed by atoms with Crippen LogP contribution in [0.5, 0.6) is 5.75 Å². The highest BCUT2D eigenvalue weighted by atomic mass is 16.4. The maximum absolute atomic E-state index is 12.1. The van der Waals surface area contributed by atoms with Gasteiger partial charge in [-0.3, -0.25) is 4.79 Å². The maximum atomic E-state index is 12.1. The Morgan fingerprint density at radius 3 is 2.43 bits per heavy atom. The van der Waals surface area contributed by atoms with Crippen molar-refractivity contribution in [3.8, 4) is 5.75 Å². The third kappa shape index (κ3) is 3.13. The standard InChI is InChI=1S/C18H12O5/c19-13-5-1-11(2-6-13)3-7-14-10-16(20)15-9-12(18(21)22)4-8-17(15)23-14/h1-10,19H,(H,21,22)/b7-3+. The molecular formula is C18H12O5. The van der Waals surface area contributed by atoms with Crippen molar-refractivity contribution in [1.82, 2.24) is 0 Å². The summed E-state index contributed by atoms with van der Waals surface area (Å²) >= 11 is 0. The van der Waals surface area contributed by atoms with Crippen LogP contribution < -0.4 is 5.43 Å². The molecule has 1 aromatic heterocycles. The molecular weight excluding hydrogens is 296 g/mol. The number of carboxylic acids is 1. The molecule has 0 saturated carbocycles. The Morgan fingerprint density at radius 2 is 1.74 bits per heavy atom. The molecule has 1 heterocycles. The predicted molar refractivity (Wildman–Crippen MR) is 86.5 cm³/mol. The lowest BCUT2D eigenvalue weighted by molar-refractivity contribution is 0.0697. The summed E-state index contributed by atoms with van der Waals surface area (Å²) in [5.74, 6) is -0.560. The molecule has 0 amide bonds. The summed E-state index contributed by atoms with van der Waals surface area (Å²) < 4.78 is 5.59. The minimum absolute atomic E-state index is 0.0391. The molecule has 3 rings (SSSR count). The number of carbonyl (C=O) groups is 1. The van der Waals surface area contributed by atoms with Gasteiger partial charge in [0.1, 0.15) is 17.1 Å². The smallest absolute Gasteiger partial charge is 0.335 e. The van der Waals surface area contributed by atoms with Gasteiger partial charge in [0.05, 0.1) is 10.9 Å². The van der Waals surface area contributed by atoms with Gasteiger partial charge in [-0.1, -0.05) is 18.2 Å². The average molecular weight is 308 g/mol. The SMILES string of the molecule is O=C(O)c1ccc2oc(/C=C/c3ccc(O)cc3)cc(=O)c2c1. The van der Waals surface area contributed by atoms with Crippen LogP contribution >= 0.6 is 0 Å². The molecule has 0 aliphatic carbocycles. The van der Waals surface area contributed by atoms with E-state index in [1.54, 1.807) is 36.4 Å². The lowest BCUT2D eigenvalue weighted by Crippen LogP contribution is -2.03. The van der Waals surface area contributed by atoms with Crippen molar-refractivity contribution in [2.24, 2.45) is 0 Å². The fourth-order valence-corrected chi connectivity index (χ4v) is 2.15. The zero-order valence-corrected chi connectivity index (χ0v) is 11.9. The van der Waals surface area contributed by atoms with Gasteiger partial charge >= 0.3 is 5.97 Å². The average Bonchev–Trinajstić information content (AvgIpc) is 2.54. The molecule has 0 bridgehead atoms. The van der Waals surface area contributed by atoms with Crippen molar-refractivity contribution in [2.75, 3.05) is 0 Å². The molecule has 5 heteroatoms. The summed E-state index contributed by atoms with van der Waals surface area (Å²) in [6, 6.07) is 12.0. The van der Waals surface area contributed by atoms with Gasteiger partial charge in [0.2, 0.25) is 0 Å². The number of carboxylic acid groups (broad SMARTS) is 1. The summed E-state index contributed by atoms with van der Waals surface area (Å²) in [6.07, 6.45) is 3.38. The third-order valence-electron chi connectivity index (χ3n) is 3.33. The number of benzene rings is 2. The zero-order valence-electron chi connectivity index (χ0n) is 11.9. The Kier molecular flexibility index (Phi) is 3.68. The molecule has 3 aromatic rings. The van der Waals surface area contributed by atoms with E-state index in [4.69, 9.17) is 9.52 Å². The lowest BCUT2D eigenvalue weighted by atomic mass is 10.1. The van der Waals surface area contributed by atoms with Crippen molar-refractivity contribution in [2.45, 2.75) is 0 Å². The molecule has 0 saturated heterocycles. The normalized spacial score (nSPS) is 11.1. The first-order valence-electron chi connectivity index (χ1n) is 6.81. The van der Waals surface area contributed by atoms with E-state index in [0.717, 1.165) is 5.56 Å². The van der Waals surface area contributed by atoms with Crippen molar-refractivity contribution in [3.63, 3.8) is 0 Å². The molecule has 0 radical (unpaired) electrons. The first kappa shape index (κ1) is 14.6. The van der Waals surface area contributed by atoms with E-state index in [9.17, 15) is 14.7 Å². The van der Waals surface area contributed by atoms with Crippen LogP contribution in [-0.4, -0.2) is 16.2 Å². The molecule has 2 N–H and O–H groups in total. The van der Waals surface area contributed by atoms with E-state index < -0.39 is 5.97 Å². The number of fused-ring (bicyclic) bond motifs is 1. The highest BCUT2D eigenvalue weighted by Crippen LogP contribution is 2.17. The predicted octanol–water partition coefficient (Wildman–Crippen LogP) is 3.37. The molecule has 0 spiro atoms. The van der Waals surface area contributed by atoms with E-state index in [-0.39, 0.29) is 22.1 Å². The third-order valence-corrected chi connectivity index (χ3v) is 3.33. The number of aromatic hydroxyl groups is 1. The maximum Gasteiger partial charge on any atom is 0.335 e. The van der Waals surface area contributed by atoms with Gasteiger partial charge in [-0.15, -0.1) is 0 Å². The monoisotopic (exact) mass is 308 g/mol. The summed E-state index contributed by atoms with van der Waals surface area (Å²) in [5, 5.41) is 18.4. The number of hydrogen-bond donors (Lipinski definition) is 2. The Bertz CT molecular complexity index is 965. The fraction of sp³-hybridized carbons (Fsp3) is 0. The first-order chi connectivity index (χ1) is 11.0. The van der Waals surface area contributed by atoms with E-state index >= 15 is 0 Å². The van der Waals surface area contributed by atoms with Crippen LogP contribution in [0.2, 0.25) is 0 Å². The Hall–Kier alpha value is -3.34.